The molecule has 1 aliphatic heterocycles. The largest absolute Gasteiger partial charge is 0.495 e. The third-order valence-corrected chi connectivity index (χ3v) is 4.53. The molecule has 0 unspecified atom stereocenters. The van der Waals surface area contributed by atoms with Gasteiger partial charge in [-0.25, -0.2) is 4.39 Å². The molecule has 7 heteroatoms. The van der Waals surface area contributed by atoms with Gasteiger partial charge < -0.3 is 19.6 Å². The number of nitrogens with one attached hydrogen (secondary N) is 1. The van der Waals surface area contributed by atoms with Gasteiger partial charge >= 0.3 is 14.2 Å². The zero-order chi connectivity index (χ0) is 16.7. The van der Waals surface area contributed by atoms with Crippen LogP contribution in [0.4, 0.5) is 4.39 Å². The lowest BCUT2D eigenvalue weighted by molar-refractivity contribution is 0.00578. The van der Waals surface area contributed by atoms with Crippen LogP contribution in [-0.4, -0.2) is 30.4 Å². The van der Waals surface area contributed by atoms with Crippen molar-refractivity contribution >= 4 is 19.6 Å². The summed E-state index contributed by atoms with van der Waals surface area (Å²) in [6.07, 6.45) is 0. The molecule has 120 valence electrons. The molecule has 1 aliphatic rings. The van der Waals surface area contributed by atoms with Crippen LogP contribution in [0.2, 0.25) is 6.82 Å². The lowest BCUT2D eigenvalue weighted by Crippen LogP contribution is -2.41. The molecule has 1 heterocycles. The van der Waals surface area contributed by atoms with E-state index in [-0.39, 0.29) is 12.4 Å². The standard InChI is InChI=1S/C15H24B2FNO3/c1-10-7-11(9-19-16(6)20)13(18)8-12(10)17-21-14(2,3)15(4,5)22-17/h7-8,19-20H,9H2,1-6H3. The molecule has 0 saturated carbocycles. The van der Waals surface area contributed by atoms with Gasteiger partial charge in [0, 0.05) is 12.1 Å². The number of rotatable bonds is 4. The lowest BCUT2D eigenvalue weighted by Gasteiger charge is -2.32. The summed E-state index contributed by atoms with van der Waals surface area (Å²) in [6, 6.07) is 3.24. The summed E-state index contributed by atoms with van der Waals surface area (Å²) in [5.74, 6) is -0.330. The van der Waals surface area contributed by atoms with Gasteiger partial charge in [-0.2, -0.15) is 0 Å². The van der Waals surface area contributed by atoms with E-state index in [4.69, 9.17) is 9.31 Å². The van der Waals surface area contributed by atoms with Crippen LogP contribution in [0.1, 0.15) is 38.8 Å². The Labute approximate surface area is 132 Å². The number of halogens is 1. The zero-order valence-electron chi connectivity index (χ0n) is 14.2. The molecule has 1 aromatic carbocycles. The molecule has 0 bridgehead atoms. The smallest absolute Gasteiger partial charge is 0.437 e. The topological polar surface area (TPSA) is 50.7 Å². The SMILES string of the molecule is CB(O)NCc1cc(C)c(B2OC(C)(C)C(C)(C)O2)cc1F. The van der Waals surface area contributed by atoms with Crippen LogP contribution < -0.4 is 10.7 Å². The Morgan fingerprint density at radius 3 is 2.27 bits per heavy atom. The quantitative estimate of drug-likeness (QED) is 0.830. The Kier molecular flexibility index (Phi) is 4.74. The monoisotopic (exact) mass is 307 g/mol. The van der Waals surface area contributed by atoms with Crippen molar-refractivity contribution in [2.24, 2.45) is 0 Å². The number of aryl methyl sites for hydroxylation is 1. The fourth-order valence-electron chi connectivity index (χ4n) is 2.37. The minimum Gasteiger partial charge on any atom is -0.437 e. The van der Waals surface area contributed by atoms with Gasteiger partial charge in [-0.05, 0) is 53.0 Å². The minimum atomic E-state index is -0.678. The van der Waals surface area contributed by atoms with Crippen LogP contribution in [0.3, 0.4) is 0 Å². The van der Waals surface area contributed by atoms with Gasteiger partial charge in [0.05, 0.1) is 11.2 Å². The van der Waals surface area contributed by atoms with Gasteiger partial charge in [0.1, 0.15) is 5.82 Å². The van der Waals surface area contributed by atoms with Crippen molar-refractivity contribution < 1.29 is 18.7 Å². The minimum absolute atomic E-state index is 0.272. The second-order valence-corrected chi connectivity index (χ2v) is 6.95. The summed E-state index contributed by atoms with van der Waals surface area (Å²) < 4.78 is 26.2. The van der Waals surface area contributed by atoms with E-state index in [1.807, 2.05) is 34.6 Å². The van der Waals surface area contributed by atoms with Crippen LogP contribution in [0.5, 0.6) is 0 Å². The Bertz CT molecular complexity index is 548. The normalized spacial score (nSPS) is 19.5. The Balaban J connectivity index is 2.25. The fraction of sp³-hybridized carbons (Fsp3) is 0.600. The highest BCUT2D eigenvalue weighted by atomic mass is 19.1. The van der Waals surface area contributed by atoms with Crippen molar-refractivity contribution in [3.8, 4) is 0 Å². The molecular formula is C15H24B2FNO3. The highest BCUT2D eigenvalue weighted by molar-refractivity contribution is 6.62. The summed E-state index contributed by atoms with van der Waals surface area (Å²) in [5.41, 5.74) is 1.22. The molecular weight excluding hydrogens is 283 g/mol. The molecule has 0 spiro atoms. The number of benzene rings is 1. The molecule has 22 heavy (non-hydrogen) atoms. The van der Waals surface area contributed by atoms with E-state index in [1.165, 1.54) is 6.07 Å². The van der Waals surface area contributed by atoms with Gasteiger partial charge in [0.15, 0.2) is 0 Å². The zero-order valence-corrected chi connectivity index (χ0v) is 14.2. The summed E-state index contributed by atoms with van der Waals surface area (Å²) >= 11 is 0. The van der Waals surface area contributed by atoms with Crippen LogP contribution in [0.25, 0.3) is 0 Å². The number of hydrogen-bond acceptors (Lipinski definition) is 4. The van der Waals surface area contributed by atoms with Crippen molar-refractivity contribution in [2.75, 3.05) is 0 Å². The van der Waals surface area contributed by atoms with E-state index in [0.29, 0.717) is 11.0 Å². The second-order valence-electron chi connectivity index (χ2n) is 6.95. The fourth-order valence-corrected chi connectivity index (χ4v) is 2.37. The predicted molar refractivity (Wildman–Crippen MR) is 87.5 cm³/mol. The molecule has 0 aliphatic carbocycles. The van der Waals surface area contributed by atoms with Crippen molar-refractivity contribution in [2.45, 2.75) is 59.2 Å². The van der Waals surface area contributed by atoms with E-state index in [2.05, 4.69) is 5.23 Å². The lowest BCUT2D eigenvalue weighted by atomic mass is 9.75. The average Bonchev–Trinajstić information content (AvgIpc) is 2.58. The average molecular weight is 307 g/mol. The molecule has 2 rings (SSSR count). The molecule has 1 aromatic rings. The first-order chi connectivity index (χ1) is 10.0. The van der Waals surface area contributed by atoms with Crippen molar-refractivity contribution in [3.63, 3.8) is 0 Å². The first-order valence-corrected chi connectivity index (χ1v) is 7.59. The molecule has 0 atom stereocenters. The van der Waals surface area contributed by atoms with E-state index >= 15 is 0 Å². The van der Waals surface area contributed by atoms with E-state index in [0.717, 1.165) is 5.56 Å². The molecule has 2 N–H and O–H groups in total. The molecule has 1 saturated heterocycles. The third kappa shape index (κ3) is 3.38. The van der Waals surface area contributed by atoms with Gasteiger partial charge in [-0.1, -0.05) is 11.6 Å². The number of hydrogen-bond donors (Lipinski definition) is 2. The maximum absolute atomic E-state index is 14.3. The van der Waals surface area contributed by atoms with E-state index in [9.17, 15) is 9.41 Å². The Hall–Kier alpha value is -0.880. The van der Waals surface area contributed by atoms with Crippen LogP contribution in [0.15, 0.2) is 12.1 Å². The summed E-state index contributed by atoms with van der Waals surface area (Å²) in [7, 11) is -1.25. The van der Waals surface area contributed by atoms with Gasteiger partial charge in [-0.15, -0.1) is 0 Å². The van der Waals surface area contributed by atoms with Crippen molar-refractivity contribution in [1.29, 1.82) is 0 Å². The van der Waals surface area contributed by atoms with Crippen LogP contribution in [0, 0.1) is 12.7 Å². The summed E-state index contributed by atoms with van der Waals surface area (Å²) in [5, 5.41) is 12.0. The molecule has 0 radical (unpaired) electrons. The third-order valence-electron chi connectivity index (χ3n) is 4.53. The Morgan fingerprint density at radius 1 is 1.23 bits per heavy atom. The first-order valence-electron chi connectivity index (χ1n) is 7.59. The van der Waals surface area contributed by atoms with Crippen LogP contribution in [-0.2, 0) is 15.9 Å². The molecule has 0 amide bonds. The van der Waals surface area contributed by atoms with Crippen molar-refractivity contribution in [3.05, 3.63) is 29.1 Å². The molecule has 1 fully saturated rings. The van der Waals surface area contributed by atoms with E-state index < -0.39 is 25.4 Å². The van der Waals surface area contributed by atoms with E-state index in [1.54, 1.807) is 12.9 Å². The molecule has 4 nitrogen and oxygen atoms in total. The highest BCUT2D eigenvalue weighted by Crippen LogP contribution is 2.36. The second kappa shape index (κ2) is 5.96. The first kappa shape index (κ1) is 17.5. The maximum atomic E-state index is 14.3. The van der Waals surface area contributed by atoms with Crippen molar-refractivity contribution in [1.82, 2.24) is 5.23 Å². The van der Waals surface area contributed by atoms with Gasteiger partial charge in [0.25, 0.3) is 0 Å². The van der Waals surface area contributed by atoms with Crippen LogP contribution >= 0.6 is 0 Å². The summed E-state index contributed by atoms with van der Waals surface area (Å²) in [4.78, 5) is 0. The molecule has 0 aromatic heterocycles. The van der Waals surface area contributed by atoms with Gasteiger partial charge in [0.2, 0.25) is 0 Å². The highest BCUT2D eigenvalue weighted by Gasteiger charge is 2.52. The Morgan fingerprint density at radius 2 is 1.77 bits per heavy atom. The summed E-state index contributed by atoms with van der Waals surface area (Å²) in [6.45, 7) is 11.7. The van der Waals surface area contributed by atoms with Gasteiger partial charge in [-0.3, -0.25) is 0 Å². The predicted octanol–water partition coefficient (Wildman–Crippen LogP) is 1.63. The maximum Gasteiger partial charge on any atom is 0.495 e.